The van der Waals surface area contributed by atoms with Gasteiger partial charge in [-0.1, -0.05) is 71.8 Å². The van der Waals surface area contributed by atoms with Crippen LogP contribution in [0, 0.1) is 10.1 Å². The van der Waals surface area contributed by atoms with E-state index >= 15 is 0 Å². The molecule has 3 rings (SSSR count). The smallest absolute Gasteiger partial charge is 0.293 e. The lowest BCUT2D eigenvalue weighted by Gasteiger charge is -2.23. The normalized spacial score (nSPS) is 11.1. The molecule has 2 aromatic carbocycles. The van der Waals surface area contributed by atoms with Crippen LogP contribution in [0.2, 0.25) is 0 Å². The number of aromatic hydroxyl groups is 1. The van der Waals surface area contributed by atoms with Gasteiger partial charge < -0.3 is 20.3 Å². The van der Waals surface area contributed by atoms with Gasteiger partial charge in [0.1, 0.15) is 5.69 Å². The molecule has 0 aliphatic carbocycles. The molecular weight excluding hydrogens is 520 g/mol. The van der Waals surface area contributed by atoms with Gasteiger partial charge in [-0.05, 0) is 43.5 Å². The third-order valence-electron chi connectivity index (χ3n) is 7.34. The van der Waals surface area contributed by atoms with E-state index in [-0.39, 0.29) is 22.7 Å². The van der Waals surface area contributed by atoms with Crippen molar-refractivity contribution in [2.24, 2.45) is 0 Å². The summed E-state index contributed by atoms with van der Waals surface area (Å²) in [5.74, 6) is -0.761. The Hall–Kier alpha value is -3.88. The Balaban J connectivity index is 1.81. The summed E-state index contributed by atoms with van der Waals surface area (Å²) < 4.78 is 0. The number of carbonyl (C=O) groups excluding carboxylic acids is 1. The van der Waals surface area contributed by atoms with Gasteiger partial charge in [-0.2, -0.15) is 0 Å². The highest BCUT2D eigenvalue weighted by Crippen LogP contribution is 2.35. The zero-order valence-corrected chi connectivity index (χ0v) is 24.6. The quantitative estimate of drug-likeness (QED) is 0.0896. The molecule has 0 aliphatic rings. The van der Waals surface area contributed by atoms with Crippen LogP contribution >= 0.6 is 0 Å². The molecule has 0 atom stereocenters. The molecule has 1 amide bonds. The van der Waals surface area contributed by atoms with Crippen molar-refractivity contribution in [3.63, 3.8) is 0 Å². The number of aromatic nitrogens is 1. The van der Waals surface area contributed by atoms with Crippen molar-refractivity contribution in [3.05, 3.63) is 62.3 Å². The fourth-order valence-corrected chi connectivity index (χ4v) is 5.18. The van der Waals surface area contributed by atoms with Crippen molar-refractivity contribution in [2.45, 2.75) is 85.0 Å². The third-order valence-corrected chi connectivity index (χ3v) is 7.34. The first kappa shape index (κ1) is 31.6. The fourth-order valence-electron chi connectivity index (χ4n) is 5.18. The Bertz CT molecular complexity index is 1380. The van der Waals surface area contributed by atoms with Crippen LogP contribution in [-0.2, 0) is 0 Å². The number of nitrogens with zero attached hydrogens (tertiary/aromatic N) is 2. The van der Waals surface area contributed by atoms with E-state index in [1.54, 1.807) is 24.3 Å². The number of fused-ring (bicyclic) bond motifs is 1. The minimum atomic E-state index is -0.607. The summed E-state index contributed by atoms with van der Waals surface area (Å²) in [5, 5.41) is 25.9. The number of aromatic amines is 1. The van der Waals surface area contributed by atoms with Crippen molar-refractivity contribution in [1.29, 1.82) is 0 Å². The number of pyridine rings is 1. The van der Waals surface area contributed by atoms with Crippen molar-refractivity contribution >= 4 is 28.2 Å². The van der Waals surface area contributed by atoms with E-state index in [0.717, 1.165) is 32.1 Å². The number of hydrogen-bond donors (Lipinski definition) is 3. The van der Waals surface area contributed by atoms with Crippen LogP contribution in [0.3, 0.4) is 0 Å². The van der Waals surface area contributed by atoms with Gasteiger partial charge in [-0.15, -0.1) is 0 Å². The van der Waals surface area contributed by atoms with Crippen molar-refractivity contribution < 1.29 is 14.8 Å². The summed E-state index contributed by atoms with van der Waals surface area (Å²) in [4.78, 5) is 42.4. The molecule has 0 fully saturated rings. The number of hydrogen-bond acceptors (Lipinski definition) is 6. The van der Waals surface area contributed by atoms with Crippen LogP contribution in [0.1, 0.15) is 95.3 Å². The molecule has 0 saturated carbocycles. The van der Waals surface area contributed by atoms with Crippen molar-refractivity contribution in [1.82, 2.24) is 10.3 Å². The molecular formula is C32H44N4O5. The van der Waals surface area contributed by atoms with Gasteiger partial charge in [0, 0.05) is 42.2 Å². The number of unbranched alkanes of at least 4 members (excludes halogenated alkanes) is 7. The predicted molar refractivity (Wildman–Crippen MR) is 166 cm³/mol. The minimum Gasteiger partial charge on any atom is -0.503 e. The number of anilines is 1. The molecule has 0 unspecified atom stereocenters. The molecule has 9 heteroatoms. The van der Waals surface area contributed by atoms with Gasteiger partial charge in [0.15, 0.2) is 5.75 Å². The van der Waals surface area contributed by atoms with E-state index in [1.165, 1.54) is 44.2 Å². The van der Waals surface area contributed by atoms with E-state index < -0.39 is 16.1 Å². The van der Waals surface area contributed by atoms with Gasteiger partial charge in [-0.3, -0.25) is 19.7 Å². The number of amides is 1. The Labute approximate surface area is 242 Å². The summed E-state index contributed by atoms with van der Waals surface area (Å²) >= 11 is 0. The number of nitro groups is 1. The average Bonchev–Trinajstić information content (AvgIpc) is 2.97. The highest BCUT2D eigenvalue weighted by molar-refractivity contribution is 5.98. The summed E-state index contributed by atoms with van der Waals surface area (Å²) in [6, 6.07) is 9.37. The maximum absolute atomic E-state index is 13.0. The van der Waals surface area contributed by atoms with Gasteiger partial charge in [0.05, 0.1) is 16.1 Å². The second-order valence-electron chi connectivity index (χ2n) is 10.6. The lowest BCUT2D eigenvalue weighted by Crippen LogP contribution is -2.25. The molecule has 0 saturated heterocycles. The maximum Gasteiger partial charge on any atom is 0.293 e. The lowest BCUT2D eigenvalue weighted by molar-refractivity contribution is -0.384. The molecule has 0 aliphatic heterocycles. The largest absolute Gasteiger partial charge is 0.503 e. The van der Waals surface area contributed by atoms with Gasteiger partial charge in [-0.25, -0.2) is 0 Å². The predicted octanol–water partition coefficient (Wildman–Crippen LogP) is 7.31. The fraction of sp³-hybridized carbons (Fsp3) is 0.500. The summed E-state index contributed by atoms with van der Waals surface area (Å²) in [5.41, 5.74) is 0.943. The molecule has 1 aromatic heterocycles. The molecule has 1 heterocycles. The highest BCUT2D eigenvalue weighted by atomic mass is 16.6. The second-order valence-corrected chi connectivity index (χ2v) is 10.6. The van der Waals surface area contributed by atoms with E-state index in [0.29, 0.717) is 42.0 Å². The number of benzene rings is 2. The number of rotatable bonds is 17. The van der Waals surface area contributed by atoms with Gasteiger partial charge in [0.25, 0.3) is 11.6 Å². The topological polar surface area (TPSA) is 129 Å². The SMILES string of the molecule is CCCCCCCCCCNC(=O)c1ccc2c(=O)c(O)c(-c3ccc(N(CCC)CCC)c([N+](=O)[O-])c3)[nH]c2c1. The van der Waals surface area contributed by atoms with Crippen LogP contribution in [-0.4, -0.2) is 40.6 Å². The molecule has 3 aromatic rings. The van der Waals surface area contributed by atoms with E-state index in [9.17, 15) is 24.8 Å². The number of carbonyl (C=O) groups is 1. The Morgan fingerprint density at radius 3 is 2.22 bits per heavy atom. The van der Waals surface area contributed by atoms with Gasteiger partial charge in [0.2, 0.25) is 5.43 Å². The first-order valence-electron chi connectivity index (χ1n) is 15.0. The standard InChI is InChI=1S/C32H44N4O5/c1-4-7-8-9-10-11-12-13-18-33-32(39)24-14-16-25-26(21-24)34-29(31(38)30(25)37)23-15-17-27(28(22-23)36(40)41)35(19-5-2)20-6-3/h14-17,21-22,38H,4-13,18-20H2,1-3H3,(H,33,39)(H,34,37). The summed E-state index contributed by atoms with van der Waals surface area (Å²) in [6.45, 7) is 8.18. The molecule has 3 N–H and O–H groups in total. The van der Waals surface area contributed by atoms with Crippen molar-refractivity contribution in [2.75, 3.05) is 24.5 Å². The number of nitro benzene ring substituents is 1. The highest BCUT2D eigenvalue weighted by Gasteiger charge is 2.22. The Kier molecular flexibility index (Phi) is 12.2. The maximum atomic E-state index is 13.0. The Morgan fingerprint density at radius 1 is 0.927 bits per heavy atom. The third kappa shape index (κ3) is 8.31. The molecule has 0 spiro atoms. The summed E-state index contributed by atoms with van der Waals surface area (Å²) in [6.07, 6.45) is 11.1. The minimum absolute atomic E-state index is 0.0752. The van der Waals surface area contributed by atoms with Crippen LogP contribution in [0.4, 0.5) is 11.4 Å². The molecule has 0 bridgehead atoms. The second kappa shape index (κ2) is 15.8. The molecule has 9 nitrogen and oxygen atoms in total. The van der Waals surface area contributed by atoms with E-state index in [2.05, 4.69) is 17.2 Å². The molecule has 0 radical (unpaired) electrons. The van der Waals surface area contributed by atoms with E-state index in [1.807, 2.05) is 18.7 Å². The number of nitrogens with one attached hydrogen (secondary N) is 2. The Morgan fingerprint density at radius 2 is 1.59 bits per heavy atom. The summed E-state index contributed by atoms with van der Waals surface area (Å²) in [7, 11) is 0. The van der Waals surface area contributed by atoms with Crippen LogP contribution in [0.15, 0.2) is 41.2 Å². The zero-order chi connectivity index (χ0) is 29.8. The van der Waals surface area contributed by atoms with Gasteiger partial charge >= 0.3 is 0 Å². The molecule has 222 valence electrons. The van der Waals surface area contributed by atoms with Crippen LogP contribution < -0.4 is 15.6 Å². The van der Waals surface area contributed by atoms with Crippen LogP contribution in [0.5, 0.6) is 5.75 Å². The zero-order valence-electron chi connectivity index (χ0n) is 24.6. The monoisotopic (exact) mass is 564 g/mol. The van der Waals surface area contributed by atoms with E-state index in [4.69, 9.17) is 0 Å². The van der Waals surface area contributed by atoms with Crippen LogP contribution in [0.25, 0.3) is 22.2 Å². The molecule has 41 heavy (non-hydrogen) atoms. The lowest BCUT2D eigenvalue weighted by atomic mass is 10.0. The number of H-pyrrole nitrogens is 1. The van der Waals surface area contributed by atoms with Crippen molar-refractivity contribution in [3.8, 4) is 17.0 Å². The first-order valence-corrected chi connectivity index (χ1v) is 15.0. The average molecular weight is 565 g/mol. The first-order chi connectivity index (χ1) is 19.8.